The van der Waals surface area contributed by atoms with Gasteiger partial charge in [-0.3, -0.25) is 0 Å². The summed E-state index contributed by atoms with van der Waals surface area (Å²) in [6.45, 7) is 13.8. The van der Waals surface area contributed by atoms with Gasteiger partial charge in [-0.2, -0.15) is 0 Å². The minimum Gasteiger partial charge on any atom is -0.393 e. The van der Waals surface area contributed by atoms with Crippen molar-refractivity contribution in [2.75, 3.05) is 0 Å². The Labute approximate surface area is 182 Å². The van der Waals surface area contributed by atoms with Crippen LogP contribution in [0.2, 0.25) is 0 Å². The highest BCUT2D eigenvalue weighted by Gasteiger charge is 2.57. The molecule has 2 aliphatic rings. The maximum atomic E-state index is 11.1. The predicted octanol–water partition coefficient (Wildman–Crippen LogP) is 7.21. The highest BCUT2D eigenvalue weighted by atomic mass is 16.3. The van der Waals surface area contributed by atoms with E-state index in [2.05, 4.69) is 75.8 Å². The molecule has 2 heteroatoms. The molecule has 4 rings (SSSR count). The van der Waals surface area contributed by atoms with E-state index in [9.17, 15) is 5.11 Å². The van der Waals surface area contributed by atoms with Gasteiger partial charge in [0, 0.05) is 17.1 Å². The second kappa shape index (κ2) is 8.04. The van der Waals surface area contributed by atoms with E-state index in [1.807, 2.05) is 0 Å². The maximum absolute atomic E-state index is 11.1. The number of aliphatic hydroxyl groups is 1. The van der Waals surface area contributed by atoms with Crippen LogP contribution < -0.4 is 0 Å². The first-order valence-electron chi connectivity index (χ1n) is 11.8. The fourth-order valence-electron chi connectivity index (χ4n) is 6.89. The van der Waals surface area contributed by atoms with Gasteiger partial charge in [-0.1, -0.05) is 55.8 Å². The van der Waals surface area contributed by atoms with Gasteiger partial charge >= 0.3 is 0 Å². The summed E-state index contributed by atoms with van der Waals surface area (Å²) in [4.78, 5) is 3.46. The Balaban J connectivity index is 1.65. The number of aromatic nitrogens is 1. The van der Waals surface area contributed by atoms with Crippen molar-refractivity contribution in [3.05, 3.63) is 59.8 Å². The summed E-state index contributed by atoms with van der Waals surface area (Å²) in [6, 6.07) is 8.63. The molecule has 5 atom stereocenters. The third-order valence-electron chi connectivity index (χ3n) is 8.69. The van der Waals surface area contributed by atoms with E-state index in [0.717, 1.165) is 38.5 Å². The van der Waals surface area contributed by atoms with E-state index >= 15 is 0 Å². The van der Waals surface area contributed by atoms with E-state index in [1.54, 1.807) is 0 Å². The average Bonchev–Trinajstić information content (AvgIpc) is 3.11. The molecule has 2 aliphatic carbocycles. The lowest BCUT2D eigenvalue weighted by Crippen LogP contribution is -2.56. The van der Waals surface area contributed by atoms with Crippen LogP contribution >= 0.6 is 0 Å². The molecule has 1 aromatic heterocycles. The molecule has 2 nitrogen and oxygen atoms in total. The first-order valence-corrected chi connectivity index (χ1v) is 11.8. The quantitative estimate of drug-likeness (QED) is 0.507. The molecule has 1 heterocycles. The lowest BCUT2D eigenvalue weighted by Gasteiger charge is -2.60. The van der Waals surface area contributed by atoms with Crippen LogP contribution in [0.5, 0.6) is 0 Å². The number of para-hydroxylation sites is 1. The summed E-state index contributed by atoms with van der Waals surface area (Å²) < 4.78 is 0. The van der Waals surface area contributed by atoms with Gasteiger partial charge in [0.1, 0.15) is 0 Å². The molecule has 2 aromatic rings. The van der Waals surface area contributed by atoms with Crippen LogP contribution in [0.4, 0.5) is 0 Å². The van der Waals surface area contributed by atoms with Gasteiger partial charge in [-0.15, -0.1) is 0 Å². The number of aliphatic hydroxyl groups excluding tert-OH is 1. The van der Waals surface area contributed by atoms with Crippen LogP contribution in [0.1, 0.15) is 71.8 Å². The summed E-state index contributed by atoms with van der Waals surface area (Å²) in [5, 5.41) is 12.5. The molecule has 2 N–H and O–H groups in total. The zero-order valence-electron chi connectivity index (χ0n) is 19.3. The molecular formula is C28H39NO. The Morgan fingerprint density at radius 1 is 1.23 bits per heavy atom. The molecule has 0 spiro atoms. The summed E-state index contributed by atoms with van der Waals surface area (Å²) >= 11 is 0. The summed E-state index contributed by atoms with van der Waals surface area (Å²) in [5.41, 5.74) is 5.62. The molecule has 0 bridgehead atoms. The van der Waals surface area contributed by atoms with Gasteiger partial charge < -0.3 is 10.1 Å². The normalized spacial score (nSPS) is 34.0. The number of hydrogen-bond donors (Lipinski definition) is 2. The van der Waals surface area contributed by atoms with Gasteiger partial charge in [0.15, 0.2) is 0 Å². The van der Waals surface area contributed by atoms with Crippen LogP contribution in [-0.2, 0) is 6.42 Å². The summed E-state index contributed by atoms with van der Waals surface area (Å²) in [6.07, 6.45) is 11.8. The number of fused-ring (bicyclic) bond motifs is 2. The third kappa shape index (κ3) is 3.58. The van der Waals surface area contributed by atoms with Crippen molar-refractivity contribution in [1.29, 1.82) is 0 Å². The highest BCUT2D eigenvalue weighted by Crippen LogP contribution is 2.62. The molecular weight excluding hydrogens is 366 g/mol. The molecule has 0 saturated heterocycles. The third-order valence-corrected chi connectivity index (χ3v) is 8.69. The Hall–Kier alpha value is -1.80. The van der Waals surface area contributed by atoms with E-state index in [-0.39, 0.29) is 16.9 Å². The van der Waals surface area contributed by atoms with Crippen molar-refractivity contribution >= 4 is 10.9 Å². The number of H-pyrrole nitrogens is 1. The van der Waals surface area contributed by atoms with Crippen molar-refractivity contribution in [3.8, 4) is 0 Å². The fraction of sp³-hybridized carbons (Fsp3) is 0.571. The van der Waals surface area contributed by atoms with Crippen LogP contribution in [0.3, 0.4) is 0 Å². The zero-order valence-corrected chi connectivity index (χ0v) is 19.3. The number of rotatable bonds is 5. The van der Waals surface area contributed by atoms with Crippen molar-refractivity contribution < 1.29 is 5.11 Å². The number of hydrogen-bond acceptors (Lipinski definition) is 1. The lowest BCUT2D eigenvalue weighted by atomic mass is 9.45. The summed E-state index contributed by atoms with van der Waals surface area (Å²) in [5.74, 6) is 1.02. The van der Waals surface area contributed by atoms with Gasteiger partial charge in [0.05, 0.1) is 6.10 Å². The van der Waals surface area contributed by atoms with E-state index in [1.165, 1.54) is 34.0 Å². The van der Waals surface area contributed by atoms with Crippen molar-refractivity contribution in [3.63, 3.8) is 0 Å². The predicted molar refractivity (Wildman–Crippen MR) is 127 cm³/mol. The Kier molecular flexibility index (Phi) is 5.74. The number of nitrogens with one attached hydrogen (secondary N) is 1. The molecule has 0 unspecified atom stereocenters. The fourth-order valence-corrected chi connectivity index (χ4v) is 6.89. The molecule has 1 aromatic carbocycles. The molecule has 30 heavy (non-hydrogen) atoms. The molecule has 0 amide bonds. The van der Waals surface area contributed by atoms with Crippen molar-refractivity contribution in [2.24, 2.45) is 22.7 Å². The Morgan fingerprint density at radius 3 is 2.77 bits per heavy atom. The van der Waals surface area contributed by atoms with Gasteiger partial charge in [0.25, 0.3) is 0 Å². The monoisotopic (exact) mass is 405 g/mol. The largest absolute Gasteiger partial charge is 0.393 e. The zero-order chi connectivity index (χ0) is 21.5. The van der Waals surface area contributed by atoms with Gasteiger partial charge in [-0.05, 0) is 93.1 Å². The average molecular weight is 406 g/mol. The van der Waals surface area contributed by atoms with E-state index in [4.69, 9.17) is 0 Å². The molecule has 2 saturated carbocycles. The van der Waals surface area contributed by atoms with Crippen LogP contribution in [0.15, 0.2) is 54.3 Å². The summed E-state index contributed by atoms with van der Waals surface area (Å²) in [7, 11) is 0. The lowest BCUT2D eigenvalue weighted by molar-refractivity contribution is -0.136. The number of allylic oxidation sites excluding steroid dienone is 3. The minimum absolute atomic E-state index is 0.0158. The second-order valence-electron chi connectivity index (χ2n) is 10.8. The number of benzene rings is 1. The smallest absolute Gasteiger partial charge is 0.0597 e. The second-order valence-corrected chi connectivity index (χ2v) is 10.8. The SMILES string of the molecule is C=C1CC[C@@H]2[C@@](C)(CCC=C(C)C)[C@H](O)CC[C@@]2(C)[C@H]1Cc1c[nH]c2ccccc12. The highest BCUT2D eigenvalue weighted by molar-refractivity contribution is 5.83. The van der Waals surface area contributed by atoms with E-state index < -0.39 is 0 Å². The first kappa shape index (κ1) is 21.4. The van der Waals surface area contributed by atoms with Crippen molar-refractivity contribution in [1.82, 2.24) is 4.98 Å². The standard InChI is InChI=1S/C28H39NO/c1-19(2)9-8-15-28(5)25-13-12-20(3)23(27(25,4)16-14-26(28)30)17-21-18-29-24-11-7-6-10-22(21)24/h6-7,9-11,18,23,25-26,29-30H,3,8,12-17H2,1-2,4-5H3/t23-,25-,26+,27-,28+/m0/s1. The van der Waals surface area contributed by atoms with E-state index in [0.29, 0.717) is 11.8 Å². The maximum Gasteiger partial charge on any atom is 0.0597 e. The van der Waals surface area contributed by atoms with Crippen LogP contribution in [-0.4, -0.2) is 16.2 Å². The molecule has 0 radical (unpaired) electrons. The molecule has 162 valence electrons. The molecule has 2 fully saturated rings. The minimum atomic E-state index is -0.193. The van der Waals surface area contributed by atoms with Gasteiger partial charge in [-0.25, -0.2) is 0 Å². The molecule has 0 aliphatic heterocycles. The Morgan fingerprint density at radius 2 is 2.00 bits per heavy atom. The topological polar surface area (TPSA) is 36.0 Å². The van der Waals surface area contributed by atoms with Crippen molar-refractivity contribution in [2.45, 2.75) is 78.7 Å². The van der Waals surface area contributed by atoms with Crippen LogP contribution in [0.25, 0.3) is 10.9 Å². The van der Waals surface area contributed by atoms with Crippen LogP contribution in [0, 0.1) is 22.7 Å². The number of aromatic amines is 1. The van der Waals surface area contributed by atoms with Gasteiger partial charge in [0.2, 0.25) is 0 Å². The Bertz CT molecular complexity index is 948. The first-order chi connectivity index (χ1) is 14.3.